The van der Waals surface area contributed by atoms with E-state index in [-0.39, 0.29) is 22.9 Å². The van der Waals surface area contributed by atoms with Gasteiger partial charge in [-0.3, -0.25) is 10.1 Å². The van der Waals surface area contributed by atoms with Crippen molar-refractivity contribution in [2.45, 2.75) is 20.3 Å². The highest BCUT2D eigenvalue weighted by Crippen LogP contribution is 1.98. The zero-order valence-corrected chi connectivity index (χ0v) is 10.2. The van der Waals surface area contributed by atoms with Crippen molar-refractivity contribution in [1.29, 1.82) is 0 Å². The second kappa shape index (κ2) is 5.50. The predicted molar refractivity (Wildman–Crippen MR) is 62.6 cm³/mol. The van der Waals surface area contributed by atoms with Crippen molar-refractivity contribution in [1.82, 2.24) is 25.5 Å². The lowest BCUT2D eigenvalue weighted by Crippen LogP contribution is -2.35. The highest BCUT2D eigenvalue weighted by molar-refractivity contribution is 7.80. The monoisotopic (exact) mass is 242 g/mol. The van der Waals surface area contributed by atoms with Gasteiger partial charge in [-0.2, -0.15) is 4.80 Å². The van der Waals surface area contributed by atoms with Crippen LogP contribution < -0.4 is 10.6 Å². The summed E-state index contributed by atoms with van der Waals surface area (Å²) in [5, 5.41) is 16.5. The van der Waals surface area contributed by atoms with Gasteiger partial charge in [-0.15, -0.1) is 5.10 Å². The summed E-state index contributed by atoms with van der Waals surface area (Å²) < 4.78 is 0. The number of rotatable bonds is 3. The fourth-order valence-corrected chi connectivity index (χ4v) is 1.22. The second-order valence-corrected chi connectivity index (χ2v) is 4.11. The molecule has 0 bridgehead atoms. The third-order valence-electron chi connectivity index (χ3n) is 1.58. The van der Waals surface area contributed by atoms with Crippen LogP contribution in [0, 0.1) is 5.92 Å². The summed E-state index contributed by atoms with van der Waals surface area (Å²) in [4.78, 5) is 12.7. The smallest absolute Gasteiger partial charge is 0.269 e. The number of hydrogen-bond donors (Lipinski definition) is 2. The Balaban J connectivity index is 2.39. The third-order valence-corrected chi connectivity index (χ3v) is 1.78. The van der Waals surface area contributed by atoms with E-state index >= 15 is 0 Å². The minimum absolute atomic E-state index is 0.128. The number of aryl methyl sites for hydroxylation is 1. The topological polar surface area (TPSA) is 84.7 Å². The molecule has 0 aliphatic heterocycles. The molecule has 0 saturated carbocycles. The molecule has 1 heterocycles. The summed E-state index contributed by atoms with van der Waals surface area (Å²) in [5.41, 5.74) is 0. The average Bonchev–Trinajstić information content (AvgIpc) is 2.48. The van der Waals surface area contributed by atoms with Crippen LogP contribution in [0.4, 0.5) is 5.95 Å². The first-order valence-corrected chi connectivity index (χ1v) is 5.23. The van der Waals surface area contributed by atoms with Crippen LogP contribution in [0.5, 0.6) is 0 Å². The molecule has 2 N–H and O–H groups in total. The standard InChI is InChI=1S/C8H14N6OS/c1-5(2)4-6(15)9-8(16)10-7-11-13-14(3)12-7/h5H,4H2,1-3H3,(H2,9,10,12,15,16). The number of anilines is 1. The summed E-state index contributed by atoms with van der Waals surface area (Å²) in [7, 11) is 1.64. The molecule has 0 saturated heterocycles. The van der Waals surface area contributed by atoms with Crippen LogP contribution in [-0.4, -0.2) is 31.2 Å². The van der Waals surface area contributed by atoms with Crippen LogP contribution in [-0.2, 0) is 11.8 Å². The van der Waals surface area contributed by atoms with Gasteiger partial charge in [-0.25, -0.2) is 0 Å². The van der Waals surface area contributed by atoms with Gasteiger partial charge in [0.1, 0.15) is 0 Å². The molecule has 0 atom stereocenters. The molecule has 0 aromatic carbocycles. The van der Waals surface area contributed by atoms with E-state index in [4.69, 9.17) is 12.2 Å². The minimum atomic E-state index is -0.128. The summed E-state index contributed by atoms with van der Waals surface area (Å²) >= 11 is 4.91. The number of aromatic nitrogens is 4. The van der Waals surface area contributed by atoms with E-state index in [1.807, 2.05) is 13.8 Å². The molecule has 88 valence electrons. The van der Waals surface area contributed by atoms with Crippen LogP contribution in [0.2, 0.25) is 0 Å². The SMILES string of the molecule is CC(C)CC(=O)NC(=S)Nc1nnn(C)n1. The molecule has 0 radical (unpaired) electrons. The molecule has 16 heavy (non-hydrogen) atoms. The molecule has 1 rings (SSSR count). The zero-order chi connectivity index (χ0) is 12.1. The summed E-state index contributed by atoms with van der Waals surface area (Å²) in [6.07, 6.45) is 0.426. The van der Waals surface area contributed by atoms with Crippen LogP contribution in [0.25, 0.3) is 0 Å². The number of nitrogens with one attached hydrogen (secondary N) is 2. The molecule has 7 nitrogen and oxygen atoms in total. The lowest BCUT2D eigenvalue weighted by Gasteiger charge is -2.07. The van der Waals surface area contributed by atoms with Crippen LogP contribution >= 0.6 is 12.2 Å². The van der Waals surface area contributed by atoms with Crippen LogP contribution in [0.15, 0.2) is 0 Å². The molecule has 1 aromatic rings. The van der Waals surface area contributed by atoms with Gasteiger partial charge in [-0.1, -0.05) is 18.9 Å². The minimum Gasteiger partial charge on any atom is -0.303 e. The van der Waals surface area contributed by atoms with Gasteiger partial charge in [0.15, 0.2) is 5.11 Å². The fourth-order valence-electron chi connectivity index (χ4n) is 1.02. The first-order valence-electron chi connectivity index (χ1n) is 4.82. The van der Waals surface area contributed by atoms with Crippen molar-refractivity contribution in [3.8, 4) is 0 Å². The third kappa shape index (κ3) is 4.30. The Morgan fingerprint density at radius 3 is 2.75 bits per heavy atom. The largest absolute Gasteiger partial charge is 0.303 e. The second-order valence-electron chi connectivity index (χ2n) is 3.70. The van der Waals surface area contributed by atoms with Crippen molar-refractivity contribution < 1.29 is 4.79 Å². The van der Waals surface area contributed by atoms with Gasteiger partial charge < -0.3 is 5.32 Å². The zero-order valence-electron chi connectivity index (χ0n) is 9.39. The Morgan fingerprint density at radius 2 is 2.25 bits per heavy atom. The van der Waals surface area contributed by atoms with Crippen molar-refractivity contribution in [3.63, 3.8) is 0 Å². The van der Waals surface area contributed by atoms with E-state index in [1.54, 1.807) is 7.05 Å². The molecule has 0 fully saturated rings. The number of hydrogen-bond acceptors (Lipinski definition) is 5. The highest BCUT2D eigenvalue weighted by Gasteiger charge is 2.08. The molecule has 1 aromatic heterocycles. The lowest BCUT2D eigenvalue weighted by atomic mass is 10.1. The van der Waals surface area contributed by atoms with Gasteiger partial charge in [0, 0.05) is 6.42 Å². The van der Waals surface area contributed by atoms with E-state index < -0.39 is 0 Å². The van der Waals surface area contributed by atoms with Crippen LogP contribution in [0.3, 0.4) is 0 Å². The Hall–Kier alpha value is -1.57. The van der Waals surface area contributed by atoms with E-state index in [0.717, 1.165) is 0 Å². The summed E-state index contributed by atoms with van der Waals surface area (Å²) in [5.74, 6) is 0.422. The Kier molecular flexibility index (Phi) is 4.29. The molecular formula is C8H14N6OS. The lowest BCUT2D eigenvalue weighted by molar-refractivity contribution is -0.120. The van der Waals surface area contributed by atoms with E-state index in [9.17, 15) is 4.79 Å². The highest BCUT2D eigenvalue weighted by atomic mass is 32.1. The van der Waals surface area contributed by atoms with E-state index in [1.165, 1.54) is 4.80 Å². The first kappa shape index (κ1) is 12.5. The maximum absolute atomic E-state index is 11.4. The van der Waals surface area contributed by atoms with Crippen LogP contribution in [0.1, 0.15) is 20.3 Å². The number of carbonyl (C=O) groups excluding carboxylic acids is 1. The number of tetrazole rings is 1. The van der Waals surface area contributed by atoms with Gasteiger partial charge in [0.2, 0.25) is 5.91 Å². The average molecular weight is 242 g/mol. The molecule has 0 aliphatic rings. The summed E-state index contributed by atoms with van der Waals surface area (Å²) in [6.45, 7) is 3.92. The summed E-state index contributed by atoms with van der Waals surface area (Å²) in [6, 6.07) is 0. The van der Waals surface area contributed by atoms with Crippen molar-refractivity contribution >= 4 is 29.2 Å². The molecule has 8 heteroatoms. The molecule has 1 amide bonds. The van der Waals surface area contributed by atoms with Crippen molar-refractivity contribution in [2.24, 2.45) is 13.0 Å². The molecule has 0 spiro atoms. The predicted octanol–water partition coefficient (Wildman–Crippen LogP) is 0.0692. The Morgan fingerprint density at radius 1 is 1.56 bits per heavy atom. The van der Waals surface area contributed by atoms with Gasteiger partial charge in [-0.05, 0) is 23.3 Å². The maximum Gasteiger partial charge on any atom is 0.269 e. The Labute approximate surface area is 98.6 Å². The molecular weight excluding hydrogens is 228 g/mol. The number of thiocarbonyl (C=S) groups is 1. The molecule has 0 unspecified atom stereocenters. The van der Waals surface area contributed by atoms with Gasteiger partial charge in [0.25, 0.3) is 5.95 Å². The van der Waals surface area contributed by atoms with E-state index in [2.05, 4.69) is 26.0 Å². The number of carbonyl (C=O) groups is 1. The number of nitrogens with zero attached hydrogens (tertiary/aromatic N) is 4. The normalized spacial score (nSPS) is 10.2. The Bertz CT molecular complexity index is 388. The van der Waals surface area contributed by atoms with Gasteiger partial charge in [0.05, 0.1) is 7.05 Å². The van der Waals surface area contributed by atoms with Crippen molar-refractivity contribution in [3.05, 3.63) is 0 Å². The number of amides is 1. The van der Waals surface area contributed by atoms with E-state index in [0.29, 0.717) is 6.42 Å². The first-order chi connectivity index (χ1) is 7.47. The van der Waals surface area contributed by atoms with Crippen molar-refractivity contribution in [2.75, 3.05) is 5.32 Å². The van der Waals surface area contributed by atoms with Gasteiger partial charge >= 0.3 is 0 Å². The maximum atomic E-state index is 11.4. The fraction of sp³-hybridized carbons (Fsp3) is 0.625. The molecule has 0 aliphatic carbocycles. The quantitative estimate of drug-likeness (QED) is 0.730.